The van der Waals surface area contributed by atoms with Crippen LogP contribution in [0.4, 0.5) is 0 Å². The minimum absolute atomic E-state index is 0.0320. The Kier molecular flexibility index (Phi) is 6.15. The number of hydrogen-bond acceptors (Lipinski definition) is 3. The molecule has 0 amide bonds. The maximum Gasteiger partial charge on any atom is 0.189 e. The number of benzene rings is 1. The Labute approximate surface area is 137 Å². The predicted octanol–water partition coefficient (Wildman–Crippen LogP) is 4.19. The van der Waals surface area contributed by atoms with Crippen molar-refractivity contribution in [2.45, 2.75) is 33.1 Å². The molecule has 0 unspecified atom stereocenters. The lowest BCUT2D eigenvalue weighted by molar-refractivity contribution is 0.104. The lowest BCUT2D eigenvalue weighted by atomic mass is 10.1. The normalized spacial score (nSPS) is 11.1. The molecule has 2 aromatic rings. The SMILES string of the molecule is CCCCCOc1ccc(/C=C/C(=O)c2cnn(C)c2C)cc1. The summed E-state index contributed by atoms with van der Waals surface area (Å²) in [4.78, 5) is 12.2. The molecule has 0 aliphatic heterocycles. The van der Waals surface area contributed by atoms with E-state index < -0.39 is 0 Å². The molecule has 4 nitrogen and oxygen atoms in total. The molecule has 0 aliphatic rings. The summed E-state index contributed by atoms with van der Waals surface area (Å²) in [6.07, 6.45) is 8.47. The van der Waals surface area contributed by atoms with Gasteiger partial charge in [-0.3, -0.25) is 9.48 Å². The van der Waals surface area contributed by atoms with Crippen molar-refractivity contribution in [3.8, 4) is 5.75 Å². The Morgan fingerprint density at radius 1 is 1.26 bits per heavy atom. The average molecular weight is 312 g/mol. The van der Waals surface area contributed by atoms with Gasteiger partial charge in [-0.25, -0.2) is 0 Å². The number of hydrogen-bond donors (Lipinski definition) is 0. The zero-order chi connectivity index (χ0) is 16.7. The van der Waals surface area contributed by atoms with Gasteiger partial charge in [-0.15, -0.1) is 0 Å². The quantitative estimate of drug-likeness (QED) is 0.417. The van der Waals surface area contributed by atoms with Gasteiger partial charge in [0.2, 0.25) is 0 Å². The van der Waals surface area contributed by atoms with Crippen molar-refractivity contribution in [3.63, 3.8) is 0 Å². The third-order valence-electron chi connectivity index (χ3n) is 3.82. The van der Waals surface area contributed by atoms with Crippen molar-refractivity contribution in [3.05, 3.63) is 53.4 Å². The summed E-state index contributed by atoms with van der Waals surface area (Å²) < 4.78 is 7.37. The van der Waals surface area contributed by atoms with Crippen molar-refractivity contribution in [2.24, 2.45) is 7.05 Å². The number of carbonyl (C=O) groups excluding carboxylic acids is 1. The molecule has 0 spiro atoms. The van der Waals surface area contributed by atoms with Gasteiger partial charge in [-0.05, 0) is 37.1 Å². The number of aromatic nitrogens is 2. The average Bonchev–Trinajstić information content (AvgIpc) is 2.90. The van der Waals surface area contributed by atoms with E-state index in [1.165, 1.54) is 12.8 Å². The van der Waals surface area contributed by atoms with E-state index in [1.807, 2.05) is 44.3 Å². The van der Waals surface area contributed by atoms with Crippen molar-refractivity contribution in [1.29, 1.82) is 0 Å². The van der Waals surface area contributed by atoms with Crippen LogP contribution in [-0.4, -0.2) is 22.2 Å². The minimum Gasteiger partial charge on any atom is -0.494 e. The number of unbranched alkanes of at least 4 members (excludes halogenated alkanes) is 2. The van der Waals surface area contributed by atoms with Crippen molar-refractivity contribution >= 4 is 11.9 Å². The standard InChI is InChI=1S/C19H24N2O2/c1-4-5-6-13-23-17-10-7-16(8-11-17)9-12-19(22)18-14-20-21(3)15(18)2/h7-12,14H,4-6,13H2,1-3H3/b12-9+. The molecular formula is C19H24N2O2. The van der Waals surface area contributed by atoms with Gasteiger partial charge in [0.25, 0.3) is 0 Å². The van der Waals surface area contributed by atoms with Crippen molar-refractivity contribution in [1.82, 2.24) is 9.78 Å². The molecule has 0 saturated carbocycles. The molecule has 1 aromatic heterocycles. The summed E-state index contributed by atoms with van der Waals surface area (Å²) >= 11 is 0. The fraction of sp³-hybridized carbons (Fsp3) is 0.368. The fourth-order valence-electron chi connectivity index (χ4n) is 2.22. The molecule has 2 rings (SSSR count). The molecule has 122 valence electrons. The van der Waals surface area contributed by atoms with Crippen LogP contribution in [0.15, 0.2) is 36.5 Å². The Morgan fingerprint density at radius 2 is 2.00 bits per heavy atom. The molecule has 4 heteroatoms. The zero-order valence-electron chi connectivity index (χ0n) is 14.1. The third kappa shape index (κ3) is 4.81. The van der Waals surface area contributed by atoms with Crippen LogP contribution in [0.2, 0.25) is 0 Å². The lowest BCUT2D eigenvalue weighted by Crippen LogP contribution is -1.98. The Hall–Kier alpha value is -2.36. The van der Waals surface area contributed by atoms with E-state index in [1.54, 1.807) is 17.0 Å². The first-order chi connectivity index (χ1) is 11.1. The first kappa shape index (κ1) is 17.0. The molecule has 1 aromatic carbocycles. The summed E-state index contributed by atoms with van der Waals surface area (Å²) in [6.45, 7) is 4.82. The highest BCUT2D eigenvalue weighted by atomic mass is 16.5. The highest BCUT2D eigenvalue weighted by Gasteiger charge is 2.09. The Balaban J connectivity index is 1.92. The van der Waals surface area contributed by atoms with Crippen LogP contribution in [0.25, 0.3) is 6.08 Å². The van der Waals surface area contributed by atoms with Gasteiger partial charge < -0.3 is 4.74 Å². The number of allylic oxidation sites excluding steroid dienone is 1. The highest BCUT2D eigenvalue weighted by Crippen LogP contribution is 2.15. The number of ketones is 1. The topological polar surface area (TPSA) is 44.1 Å². The van der Waals surface area contributed by atoms with Crippen molar-refractivity contribution in [2.75, 3.05) is 6.61 Å². The van der Waals surface area contributed by atoms with Gasteiger partial charge in [0.15, 0.2) is 5.78 Å². The van der Waals surface area contributed by atoms with E-state index >= 15 is 0 Å². The fourth-order valence-corrected chi connectivity index (χ4v) is 2.22. The first-order valence-electron chi connectivity index (χ1n) is 8.05. The highest BCUT2D eigenvalue weighted by molar-refractivity contribution is 6.07. The van der Waals surface area contributed by atoms with Gasteiger partial charge in [0.1, 0.15) is 5.75 Å². The Bertz CT molecular complexity index is 669. The van der Waals surface area contributed by atoms with E-state index in [0.717, 1.165) is 30.0 Å². The molecule has 1 heterocycles. The van der Waals surface area contributed by atoms with E-state index in [0.29, 0.717) is 5.56 Å². The van der Waals surface area contributed by atoms with Crippen LogP contribution in [0.5, 0.6) is 5.75 Å². The van der Waals surface area contributed by atoms with E-state index in [2.05, 4.69) is 12.0 Å². The number of aryl methyl sites for hydroxylation is 1. The first-order valence-corrected chi connectivity index (χ1v) is 8.05. The number of ether oxygens (including phenoxy) is 1. The van der Waals surface area contributed by atoms with Crippen LogP contribution < -0.4 is 4.74 Å². The van der Waals surface area contributed by atoms with Crippen LogP contribution in [0.1, 0.15) is 47.8 Å². The maximum atomic E-state index is 12.2. The van der Waals surface area contributed by atoms with Crippen LogP contribution >= 0.6 is 0 Å². The van der Waals surface area contributed by atoms with Crippen LogP contribution in [-0.2, 0) is 7.05 Å². The second-order valence-electron chi connectivity index (χ2n) is 5.59. The van der Waals surface area contributed by atoms with E-state index in [9.17, 15) is 4.79 Å². The predicted molar refractivity (Wildman–Crippen MR) is 92.8 cm³/mol. The second-order valence-corrected chi connectivity index (χ2v) is 5.59. The second kappa shape index (κ2) is 8.32. The van der Waals surface area contributed by atoms with Gasteiger partial charge in [-0.2, -0.15) is 5.10 Å². The molecule has 0 aliphatic carbocycles. The zero-order valence-corrected chi connectivity index (χ0v) is 14.1. The molecule has 0 atom stereocenters. The van der Waals surface area contributed by atoms with Gasteiger partial charge in [0, 0.05) is 12.7 Å². The van der Waals surface area contributed by atoms with Gasteiger partial charge in [-0.1, -0.05) is 38.0 Å². The smallest absolute Gasteiger partial charge is 0.189 e. The third-order valence-corrected chi connectivity index (χ3v) is 3.82. The van der Waals surface area contributed by atoms with E-state index in [4.69, 9.17) is 4.74 Å². The summed E-state index contributed by atoms with van der Waals surface area (Å²) in [5.74, 6) is 0.836. The number of carbonyl (C=O) groups is 1. The number of nitrogens with zero attached hydrogens (tertiary/aromatic N) is 2. The summed E-state index contributed by atoms with van der Waals surface area (Å²) in [7, 11) is 1.83. The molecule has 0 saturated heterocycles. The summed E-state index contributed by atoms with van der Waals surface area (Å²) in [6, 6.07) is 7.78. The summed E-state index contributed by atoms with van der Waals surface area (Å²) in [5.41, 5.74) is 2.48. The maximum absolute atomic E-state index is 12.2. The van der Waals surface area contributed by atoms with Crippen LogP contribution in [0, 0.1) is 6.92 Å². The van der Waals surface area contributed by atoms with Crippen LogP contribution in [0.3, 0.4) is 0 Å². The molecule has 0 bridgehead atoms. The van der Waals surface area contributed by atoms with E-state index in [-0.39, 0.29) is 5.78 Å². The molecule has 0 fully saturated rings. The van der Waals surface area contributed by atoms with Crippen molar-refractivity contribution < 1.29 is 9.53 Å². The summed E-state index contributed by atoms with van der Waals surface area (Å²) in [5, 5.41) is 4.09. The lowest BCUT2D eigenvalue weighted by Gasteiger charge is -2.05. The molecular weight excluding hydrogens is 288 g/mol. The molecule has 0 N–H and O–H groups in total. The number of rotatable bonds is 8. The molecule has 23 heavy (non-hydrogen) atoms. The van der Waals surface area contributed by atoms with Gasteiger partial charge in [0.05, 0.1) is 18.4 Å². The molecule has 0 radical (unpaired) electrons. The minimum atomic E-state index is -0.0320. The largest absolute Gasteiger partial charge is 0.494 e. The van der Waals surface area contributed by atoms with Gasteiger partial charge >= 0.3 is 0 Å². The Morgan fingerprint density at radius 3 is 2.61 bits per heavy atom. The monoisotopic (exact) mass is 312 g/mol.